The Labute approximate surface area is 268 Å². The monoisotopic (exact) mass is 623 g/mol. The molecule has 0 unspecified atom stereocenters. The lowest BCUT2D eigenvalue weighted by Gasteiger charge is -2.28. The fourth-order valence-electron chi connectivity index (χ4n) is 5.11. The summed E-state index contributed by atoms with van der Waals surface area (Å²) in [6.07, 6.45) is -0.962. The Morgan fingerprint density at radius 3 is 2.20 bits per heavy atom. The Bertz CT molecular complexity index is 1690. The molecule has 46 heavy (non-hydrogen) atoms. The first-order valence-corrected chi connectivity index (χ1v) is 15.3. The fraction of sp³-hybridized carbons (Fsp3) is 0.306. The summed E-state index contributed by atoms with van der Waals surface area (Å²) in [5.41, 5.74) is 7.57. The van der Waals surface area contributed by atoms with Gasteiger partial charge in [0.05, 0.1) is 17.7 Å². The molecule has 10 nitrogen and oxygen atoms in total. The van der Waals surface area contributed by atoms with Gasteiger partial charge < -0.3 is 26.8 Å². The van der Waals surface area contributed by atoms with Gasteiger partial charge in [0.2, 0.25) is 11.8 Å². The molecule has 0 saturated heterocycles. The maximum atomic E-state index is 13.8. The van der Waals surface area contributed by atoms with E-state index in [0.29, 0.717) is 16.6 Å². The number of nitrogens with zero attached hydrogens (tertiary/aromatic N) is 1. The number of para-hydroxylation sites is 1. The Balaban J connectivity index is 1.57. The third-order valence-electron chi connectivity index (χ3n) is 7.40. The summed E-state index contributed by atoms with van der Waals surface area (Å²) in [6.45, 7) is 5.66. The molecule has 0 saturated carbocycles. The molecule has 240 valence electrons. The maximum Gasteiger partial charge on any atom is 0.270 e. The van der Waals surface area contributed by atoms with Crippen molar-refractivity contribution < 1.29 is 24.3 Å². The zero-order valence-electron chi connectivity index (χ0n) is 26.3. The molecule has 1 aromatic heterocycles. The normalized spacial score (nSPS) is 13.3. The predicted octanol–water partition coefficient (Wildman–Crippen LogP) is 3.46. The van der Waals surface area contributed by atoms with Gasteiger partial charge in [0, 0.05) is 29.3 Å². The van der Waals surface area contributed by atoms with Crippen LogP contribution in [0.1, 0.15) is 65.6 Å². The lowest BCUT2D eigenvalue weighted by molar-refractivity contribution is -0.125. The molecule has 4 rings (SSSR count). The molecule has 4 aromatic rings. The zero-order chi connectivity index (χ0) is 33.3. The number of amides is 4. The van der Waals surface area contributed by atoms with Crippen LogP contribution in [0.5, 0.6) is 0 Å². The van der Waals surface area contributed by atoms with E-state index in [1.165, 1.54) is 0 Å². The van der Waals surface area contributed by atoms with Gasteiger partial charge in [-0.15, -0.1) is 0 Å². The summed E-state index contributed by atoms with van der Waals surface area (Å²) < 4.78 is 0. The summed E-state index contributed by atoms with van der Waals surface area (Å²) in [5.74, 6) is -2.07. The number of aliphatic hydroxyl groups excluding tert-OH is 1. The Hall–Kier alpha value is -5.09. The highest BCUT2D eigenvalue weighted by molar-refractivity contribution is 5.98. The van der Waals surface area contributed by atoms with Crippen molar-refractivity contribution in [2.45, 2.75) is 70.2 Å². The topological polar surface area (TPSA) is 164 Å². The van der Waals surface area contributed by atoms with Crippen LogP contribution >= 0.6 is 0 Å². The van der Waals surface area contributed by atoms with Gasteiger partial charge >= 0.3 is 0 Å². The third kappa shape index (κ3) is 9.70. The van der Waals surface area contributed by atoms with E-state index < -0.39 is 41.4 Å². The van der Waals surface area contributed by atoms with Gasteiger partial charge in [0.1, 0.15) is 11.7 Å². The van der Waals surface area contributed by atoms with Crippen molar-refractivity contribution in [1.29, 1.82) is 0 Å². The smallest absolute Gasteiger partial charge is 0.270 e. The number of fused-ring (bicyclic) bond motifs is 1. The van der Waals surface area contributed by atoms with Crippen molar-refractivity contribution in [1.82, 2.24) is 20.9 Å². The van der Waals surface area contributed by atoms with Crippen molar-refractivity contribution in [3.8, 4) is 0 Å². The largest absolute Gasteiger partial charge is 0.391 e. The highest BCUT2D eigenvalue weighted by Crippen LogP contribution is 2.17. The standard InChI is InChI=1S/C36H41N5O5/c1-36(2,3)41-33(44)26-15-9-7-14-25(26)22-31(42)30(21-23-11-5-4-6-12-23)40-35(46)29(19-20-32(37)43)39-34(45)28-18-17-24-13-8-10-16-27(24)38-28/h4-18,29-31,42H,19-22H2,1-3H3,(H2,37,43)(H,39,45)(H,40,46)(H,41,44)/t29-,30-,31+/m0/s1. The number of nitrogens with one attached hydrogen (secondary N) is 3. The number of nitrogens with two attached hydrogens (primary N) is 1. The summed E-state index contributed by atoms with van der Waals surface area (Å²) in [7, 11) is 0. The maximum absolute atomic E-state index is 13.8. The average molecular weight is 624 g/mol. The lowest BCUT2D eigenvalue weighted by atomic mass is 9.93. The number of primary amides is 1. The van der Waals surface area contributed by atoms with Crippen molar-refractivity contribution >= 4 is 34.5 Å². The minimum absolute atomic E-state index is 0.0511. The number of rotatable bonds is 13. The van der Waals surface area contributed by atoms with Crippen molar-refractivity contribution in [2.24, 2.45) is 5.73 Å². The number of carbonyl (C=O) groups is 4. The number of benzene rings is 3. The molecule has 0 bridgehead atoms. The molecule has 0 radical (unpaired) electrons. The molecule has 0 aliphatic heterocycles. The summed E-state index contributed by atoms with van der Waals surface area (Å²) in [4.78, 5) is 56.1. The third-order valence-corrected chi connectivity index (χ3v) is 7.40. The van der Waals surface area contributed by atoms with Crippen molar-refractivity contribution in [3.05, 3.63) is 113 Å². The molecule has 0 aliphatic carbocycles. The quantitative estimate of drug-likeness (QED) is 0.153. The molecular weight excluding hydrogens is 582 g/mol. The van der Waals surface area contributed by atoms with Gasteiger partial charge in [-0.3, -0.25) is 19.2 Å². The van der Waals surface area contributed by atoms with Gasteiger partial charge in [0.25, 0.3) is 11.8 Å². The molecule has 0 spiro atoms. The van der Waals surface area contributed by atoms with Crippen molar-refractivity contribution in [2.75, 3.05) is 0 Å². The zero-order valence-corrected chi connectivity index (χ0v) is 26.3. The second-order valence-electron chi connectivity index (χ2n) is 12.4. The molecule has 6 N–H and O–H groups in total. The molecule has 0 fully saturated rings. The minimum atomic E-state index is -1.14. The first-order valence-electron chi connectivity index (χ1n) is 15.3. The van der Waals surface area contributed by atoms with Crippen LogP contribution in [0.2, 0.25) is 0 Å². The van der Waals surface area contributed by atoms with Crippen LogP contribution in [0.4, 0.5) is 0 Å². The van der Waals surface area contributed by atoms with E-state index in [1.54, 1.807) is 42.5 Å². The SMILES string of the molecule is CC(C)(C)NC(=O)c1ccccc1C[C@@H](O)[C@H](Cc1ccccc1)NC(=O)[C@H](CCC(N)=O)NC(=O)c1ccc2ccccc2n1. The predicted molar refractivity (Wildman–Crippen MR) is 177 cm³/mol. The van der Waals surface area contributed by atoms with Crippen LogP contribution in [0.3, 0.4) is 0 Å². The van der Waals surface area contributed by atoms with E-state index >= 15 is 0 Å². The second kappa shape index (κ2) is 15.3. The van der Waals surface area contributed by atoms with Crippen LogP contribution in [0, 0.1) is 0 Å². The molecule has 10 heteroatoms. The molecule has 1 heterocycles. The first kappa shape index (κ1) is 33.8. The number of hydrogen-bond acceptors (Lipinski definition) is 6. The number of hydrogen-bond donors (Lipinski definition) is 5. The fourth-order valence-corrected chi connectivity index (χ4v) is 5.11. The van der Waals surface area contributed by atoms with Crippen molar-refractivity contribution in [3.63, 3.8) is 0 Å². The Kier molecular flexibility index (Phi) is 11.2. The number of aromatic nitrogens is 1. The highest BCUT2D eigenvalue weighted by Gasteiger charge is 2.29. The van der Waals surface area contributed by atoms with E-state index in [0.717, 1.165) is 10.9 Å². The van der Waals surface area contributed by atoms with Crippen LogP contribution < -0.4 is 21.7 Å². The molecule has 3 atom stereocenters. The van der Waals surface area contributed by atoms with Gasteiger partial charge in [-0.05, 0) is 62.9 Å². The molecule has 4 amide bonds. The van der Waals surface area contributed by atoms with E-state index in [9.17, 15) is 24.3 Å². The van der Waals surface area contributed by atoms with E-state index in [-0.39, 0.29) is 37.3 Å². The van der Waals surface area contributed by atoms with Crippen LogP contribution in [0.15, 0.2) is 91.0 Å². The van der Waals surface area contributed by atoms with E-state index in [2.05, 4.69) is 20.9 Å². The van der Waals surface area contributed by atoms with Gasteiger partial charge in [-0.25, -0.2) is 4.98 Å². The highest BCUT2D eigenvalue weighted by atomic mass is 16.3. The Morgan fingerprint density at radius 2 is 1.48 bits per heavy atom. The summed E-state index contributed by atoms with van der Waals surface area (Å²) in [6, 6.07) is 25.1. The first-order chi connectivity index (χ1) is 21.9. The number of carbonyl (C=O) groups excluding carboxylic acids is 4. The molecule has 3 aromatic carbocycles. The number of aliphatic hydroxyl groups is 1. The van der Waals surface area contributed by atoms with E-state index in [4.69, 9.17) is 5.73 Å². The van der Waals surface area contributed by atoms with Crippen LogP contribution in [-0.2, 0) is 22.4 Å². The van der Waals surface area contributed by atoms with Gasteiger partial charge in [-0.2, -0.15) is 0 Å². The second-order valence-corrected chi connectivity index (χ2v) is 12.4. The lowest BCUT2D eigenvalue weighted by Crippen LogP contribution is -2.54. The molecular formula is C36H41N5O5. The van der Waals surface area contributed by atoms with Gasteiger partial charge in [0.15, 0.2) is 0 Å². The summed E-state index contributed by atoms with van der Waals surface area (Å²) >= 11 is 0. The van der Waals surface area contributed by atoms with Gasteiger partial charge in [-0.1, -0.05) is 72.8 Å². The average Bonchev–Trinajstić information content (AvgIpc) is 3.02. The van der Waals surface area contributed by atoms with Crippen LogP contribution in [0.25, 0.3) is 10.9 Å². The minimum Gasteiger partial charge on any atom is -0.391 e. The molecule has 0 aliphatic rings. The van der Waals surface area contributed by atoms with Crippen LogP contribution in [-0.4, -0.2) is 57.4 Å². The summed E-state index contributed by atoms with van der Waals surface area (Å²) in [5, 5.41) is 21.0. The number of pyridine rings is 1. The Morgan fingerprint density at radius 1 is 0.804 bits per heavy atom. The van der Waals surface area contributed by atoms with E-state index in [1.807, 2.05) is 69.3 Å².